The van der Waals surface area contributed by atoms with Crippen molar-refractivity contribution in [1.82, 2.24) is 5.32 Å². The van der Waals surface area contributed by atoms with Gasteiger partial charge in [0.15, 0.2) is 0 Å². The fourth-order valence-corrected chi connectivity index (χ4v) is 5.10. The van der Waals surface area contributed by atoms with Gasteiger partial charge < -0.3 is 10.6 Å². The number of nitrogens with zero attached hydrogens (tertiary/aromatic N) is 1. The predicted octanol–water partition coefficient (Wildman–Crippen LogP) is 4.29. The zero-order valence-electron chi connectivity index (χ0n) is 13.5. The Morgan fingerprint density at radius 3 is 2.92 bits per heavy atom. The molecule has 2 unspecified atom stereocenters. The third-order valence-electron chi connectivity index (χ3n) is 4.79. The Bertz CT molecular complexity index is 896. The number of nitrogens with one attached hydrogen (secondary N) is 2. The highest BCUT2D eigenvalue weighted by atomic mass is 35.5. The zero-order valence-corrected chi connectivity index (χ0v) is 15.0. The monoisotopic (exact) mass is 377 g/mol. The molecule has 2 aromatic rings. The summed E-state index contributed by atoms with van der Waals surface area (Å²) in [6.07, 6.45) is 2.51. The fourth-order valence-electron chi connectivity index (χ4n) is 3.48. The van der Waals surface area contributed by atoms with Crippen molar-refractivity contribution in [3.8, 4) is 0 Å². The maximum Gasteiger partial charge on any atom is 0.288 e. The second-order valence-electron chi connectivity index (χ2n) is 6.57. The Hall–Kier alpha value is -2.12. The summed E-state index contributed by atoms with van der Waals surface area (Å²) in [6.45, 7) is 2.23. The van der Waals surface area contributed by atoms with Crippen molar-refractivity contribution >= 4 is 39.5 Å². The molecule has 1 amide bonds. The van der Waals surface area contributed by atoms with Crippen LogP contribution in [0.4, 0.5) is 10.7 Å². The molecular weight excluding hydrogens is 362 g/mol. The van der Waals surface area contributed by atoms with Crippen LogP contribution in [0.15, 0.2) is 18.2 Å². The van der Waals surface area contributed by atoms with Gasteiger partial charge in [-0.1, -0.05) is 24.6 Å². The number of nitro groups is 1. The molecule has 8 heteroatoms. The Morgan fingerprint density at radius 1 is 1.36 bits per heavy atom. The van der Waals surface area contributed by atoms with Gasteiger partial charge in [0.05, 0.1) is 10.5 Å². The van der Waals surface area contributed by atoms with E-state index in [0.29, 0.717) is 11.5 Å². The summed E-state index contributed by atoms with van der Waals surface area (Å²) in [7, 11) is 0. The van der Waals surface area contributed by atoms with Gasteiger partial charge in [0.25, 0.3) is 11.6 Å². The van der Waals surface area contributed by atoms with Gasteiger partial charge in [-0.25, -0.2) is 0 Å². The molecule has 0 saturated carbocycles. The molecule has 2 N–H and O–H groups in total. The van der Waals surface area contributed by atoms with Crippen molar-refractivity contribution in [2.45, 2.75) is 32.4 Å². The first kappa shape index (κ1) is 16.4. The second kappa shape index (κ2) is 6.00. The first-order chi connectivity index (χ1) is 11.9. The average molecular weight is 378 g/mol. The lowest BCUT2D eigenvalue weighted by molar-refractivity contribution is -0.384. The van der Waals surface area contributed by atoms with Crippen LogP contribution in [0, 0.1) is 16.0 Å². The quantitative estimate of drug-likeness (QED) is 0.604. The molecule has 1 aromatic carbocycles. The van der Waals surface area contributed by atoms with Crippen molar-refractivity contribution in [2.75, 3.05) is 5.32 Å². The lowest BCUT2D eigenvalue weighted by Crippen LogP contribution is -2.38. The maximum absolute atomic E-state index is 12.7. The van der Waals surface area contributed by atoms with E-state index < -0.39 is 11.1 Å². The molecule has 6 nitrogen and oxygen atoms in total. The number of rotatable bonds is 2. The maximum atomic E-state index is 12.7. The average Bonchev–Trinajstić information content (AvgIpc) is 2.92. The molecule has 2 atom stereocenters. The van der Waals surface area contributed by atoms with E-state index in [1.54, 1.807) is 17.4 Å². The highest BCUT2D eigenvalue weighted by Gasteiger charge is 2.33. The van der Waals surface area contributed by atoms with E-state index in [1.807, 2.05) is 0 Å². The second-order valence-corrected chi connectivity index (χ2v) is 8.09. The van der Waals surface area contributed by atoms with Crippen molar-refractivity contribution in [1.29, 1.82) is 0 Å². The first-order valence-corrected chi connectivity index (χ1v) is 9.29. The predicted molar refractivity (Wildman–Crippen MR) is 97.4 cm³/mol. The number of hydrogen-bond acceptors (Lipinski definition) is 5. The zero-order chi connectivity index (χ0) is 17.7. The van der Waals surface area contributed by atoms with E-state index in [1.165, 1.54) is 17.0 Å². The molecule has 0 fully saturated rings. The van der Waals surface area contributed by atoms with Crippen LogP contribution >= 0.6 is 22.9 Å². The molecule has 25 heavy (non-hydrogen) atoms. The summed E-state index contributed by atoms with van der Waals surface area (Å²) in [6, 6.07) is 4.58. The number of amides is 1. The minimum Gasteiger partial charge on any atom is -0.353 e. The number of thiophene rings is 1. The molecular formula is C17H16ClN3O3S. The highest BCUT2D eigenvalue weighted by Crippen LogP contribution is 2.42. The number of nitro benzene ring substituents is 1. The largest absolute Gasteiger partial charge is 0.353 e. The van der Waals surface area contributed by atoms with Crippen molar-refractivity contribution in [2.24, 2.45) is 5.92 Å². The molecule has 0 saturated heterocycles. The molecule has 4 rings (SSSR count). The lowest BCUT2D eigenvalue weighted by Gasteiger charge is -2.27. The normalized spacial score (nSPS) is 21.8. The number of anilines is 1. The van der Waals surface area contributed by atoms with E-state index in [9.17, 15) is 14.9 Å². The van der Waals surface area contributed by atoms with Crippen LogP contribution in [-0.4, -0.2) is 10.8 Å². The van der Waals surface area contributed by atoms with Gasteiger partial charge in [0.2, 0.25) is 0 Å². The number of hydrogen-bond donors (Lipinski definition) is 2. The molecule has 2 aliphatic rings. The SMILES string of the molecule is CC1CCc2c(sc3c2C(=O)NC(c2ccc(Cl)c([N+](=O)[O-])c2)N3)C1. The van der Waals surface area contributed by atoms with Crippen molar-refractivity contribution < 1.29 is 9.72 Å². The van der Waals surface area contributed by atoms with Crippen LogP contribution in [0.2, 0.25) is 5.02 Å². The molecule has 2 heterocycles. The molecule has 1 aliphatic carbocycles. The van der Waals surface area contributed by atoms with E-state index in [0.717, 1.165) is 35.4 Å². The number of benzene rings is 1. The van der Waals surface area contributed by atoms with Crippen LogP contribution < -0.4 is 10.6 Å². The molecule has 130 valence electrons. The van der Waals surface area contributed by atoms with Crippen LogP contribution in [0.1, 0.15) is 45.9 Å². The van der Waals surface area contributed by atoms with Gasteiger partial charge in [0, 0.05) is 16.5 Å². The highest BCUT2D eigenvalue weighted by molar-refractivity contribution is 7.16. The summed E-state index contributed by atoms with van der Waals surface area (Å²) < 4.78 is 0. The Balaban J connectivity index is 1.69. The Labute approximate surface area is 153 Å². The third-order valence-corrected chi connectivity index (χ3v) is 6.30. The smallest absolute Gasteiger partial charge is 0.288 e. The summed E-state index contributed by atoms with van der Waals surface area (Å²) in [4.78, 5) is 24.5. The fraction of sp³-hybridized carbons (Fsp3) is 0.353. The molecule has 0 radical (unpaired) electrons. The van der Waals surface area contributed by atoms with Crippen molar-refractivity contribution in [3.63, 3.8) is 0 Å². The van der Waals surface area contributed by atoms with Gasteiger partial charge in [-0.2, -0.15) is 0 Å². The van der Waals surface area contributed by atoms with Gasteiger partial charge in [-0.15, -0.1) is 11.3 Å². The van der Waals surface area contributed by atoms with Crippen molar-refractivity contribution in [3.05, 3.63) is 54.9 Å². The molecule has 1 aromatic heterocycles. The number of fused-ring (bicyclic) bond motifs is 3. The minimum atomic E-state index is -0.521. The number of carbonyl (C=O) groups is 1. The third kappa shape index (κ3) is 2.77. The first-order valence-electron chi connectivity index (χ1n) is 8.10. The van der Waals surface area contributed by atoms with Crippen LogP contribution in [0.3, 0.4) is 0 Å². The van der Waals surface area contributed by atoms with E-state index in [4.69, 9.17) is 11.6 Å². The molecule has 0 spiro atoms. The standard InChI is InChI=1S/C17H16ClN3O3S/c1-8-2-4-10-13(6-8)25-17-14(10)16(22)19-15(20-17)9-3-5-11(18)12(7-9)21(23)24/h3,5,7-8,15,20H,2,4,6H2,1H3,(H,19,22). The van der Waals surface area contributed by atoms with Gasteiger partial charge in [0.1, 0.15) is 16.2 Å². The topological polar surface area (TPSA) is 84.3 Å². The van der Waals surface area contributed by atoms with Crippen LogP contribution in [0.5, 0.6) is 0 Å². The summed E-state index contributed by atoms with van der Waals surface area (Å²) in [5.74, 6) is 0.508. The summed E-state index contributed by atoms with van der Waals surface area (Å²) in [5, 5.41) is 18.3. The lowest BCUT2D eigenvalue weighted by atomic mass is 9.88. The van der Waals surface area contributed by atoms with Crippen LogP contribution in [0.25, 0.3) is 0 Å². The van der Waals surface area contributed by atoms with Gasteiger partial charge in [-0.3, -0.25) is 14.9 Å². The van der Waals surface area contributed by atoms with Crippen LogP contribution in [-0.2, 0) is 12.8 Å². The summed E-state index contributed by atoms with van der Waals surface area (Å²) >= 11 is 7.50. The summed E-state index contributed by atoms with van der Waals surface area (Å²) in [5.41, 5.74) is 2.34. The Morgan fingerprint density at radius 2 is 2.16 bits per heavy atom. The van der Waals surface area contributed by atoms with E-state index >= 15 is 0 Å². The minimum absolute atomic E-state index is 0.0807. The van der Waals surface area contributed by atoms with E-state index in [-0.39, 0.29) is 16.6 Å². The molecule has 1 aliphatic heterocycles. The number of carbonyl (C=O) groups excluding carboxylic acids is 1. The van der Waals surface area contributed by atoms with E-state index in [2.05, 4.69) is 17.6 Å². The van der Waals surface area contributed by atoms with Gasteiger partial charge >= 0.3 is 0 Å². The Kier molecular flexibility index (Phi) is 3.92. The van der Waals surface area contributed by atoms with Gasteiger partial charge in [-0.05, 0) is 36.8 Å². The number of halogens is 1. The molecule has 0 bridgehead atoms.